The van der Waals surface area contributed by atoms with Crippen molar-refractivity contribution in [2.24, 2.45) is 5.92 Å². The summed E-state index contributed by atoms with van der Waals surface area (Å²) in [6.45, 7) is 8.37. The van der Waals surface area contributed by atoms with Crippen molar-refractivity contribution in [3.63, 3.8) is 0 Å². The zero-order chi connectivity index (χ0) is 8.69. The standard InChI is InChI=1S/C4H9NOS.C4H10/c6-7-3-1-5-2-4-7;1-4(2)3/h5H,1-4H2;4H,1-3H3. The molecule has 0 unspecified atom stereocenters. The van der Waals surface area contributed by atoms with Gasteiger partial charge < -0.3 is 5.32 Å². The number of rotatable bonds is 0. The van der Waals surface area contributed by atoms with Gasteiger partial charge in [-0.3, -0.25) is 4.21 Å². The van der Waals surface area contributed by atoms with E-state index >= 15 is 0 Å². The first-order valence-electron chi connectivity index (χ1n) is 4.18. The summed E-state index contributed by atoms with van der Waals surface area (Å²) in [6.07, 6.45) is 0. The van der Waals surface area contributed by atoms with Gasteiger partial charge in [-0.15, -0.1) is 0 Å². The molecule has 1 rings (SSSR count). The second-order valence-electron chi connectivity index (χ2n) is 3.33. The molecule has 1 saturated heterocycles. The van der Waals surface area contributed by atoms with Crippen LogP contribution in [0.5, 0.6) is 0 Å². The molecular formula is C8H19NOS. The van der Waals surface area contributed by atoms with E-state index in [-0.39, 0.29) is 0 Å². The van der Waals surface area contributed by atoms with Gasteiger partial charge in [0.1, 0.15) is 0 Å². The molecule has 0 spiro atoms. The Bertz CT molecular complexity index is 104. The third-order valence-electron chi connectivity index (χ3n) is 1.01. The normalized spacial score (nSPS) is 19.3. The number of hydrogen-bond donors (Lipinski definition) is 1. The van der Waals surface area contributed by atoms with Gasteiger partial charge in [0.05, 0.1) is 0 Å². The quantitative estimate of drug-likeness (QED) is 0.598. The first kappa shape index (κ1) is 11.1. The first-order chi connectivity index (χ1) is 5.13. The van der Waals surface area contributed by atoms with Crippen molar-refractivity contribution in [2.75, 3.05) is 24.6 Å². The molecule has 1 fully saturated rings. The molecule has 0 aromatic heterocycles. The van der Waals surface area contributed by atoms with Gasteiger partial charge in [0, 0.05) is 35.4 Å². The Labute approximate surface area is 72.2 Å². The Morgan fingerprint density at radius 2 is 1.55 bits per heavy atom. The lowest BCUT2D eigenvalue weighted by molar-refractivity contribution is 0.659. The molecule has 1 heterocycles. The highest BCUT2D eigenvalue weighted by Crippen LogP contribution is 1.84. The molecule has 0 bridgehead atoms. The fourth-order valence-corrected chi connectivity index (χ4v) is 1.55. The highest BCUT2D eigenvalue weighted by Gasteiger charge is 2.03. The topological polar surface area (TPSA) is 29.1 Å². The minimum absolute atomic E-state index is 0.503. The SMILES string of the molecule is CC(C)C.O=S1CCNCC1. The van der Waals surface area contributed by atoms with Crippen LogP contribution < -0.4 is 5.32 Å². The van der Waals surface area contributed by atoms with E-state index in [0.29, 0.717) is 0 Å². The van der Waals surface area contributed by atoms with E-state index in [4.69, 9.17) is 0 Å². The molecule has 1 aliphatic heterocycles. The van der Waals surface area contributed by atoms with Crippen LogP contribution >= 0.6 is 0 Å². The van der Waals surface area contributed by atoms with Crippen molar-refractivity contribution in [1.29, 1.82) is 0 Å². The summed E-state index contributed by atoms with van der Waals surface area (Å²) < 4.78 is 10.5. The monoisotopic (exact) mass is 177 g/mol. The Kier molecular flexibility index (Phi) is 6.87. The van der Waals surface area contributed by atoms with Crippen LogP contribution in [0.4, 0.5) is 0 Å². The lowest BCUT2D eigenvalue weighted by atomic mass is 10.3. The van der Waals surface area contributed by atoms with E-state index in [0.717, 1.165) is 30.5 Å². The molecule has 11 heavy (non-hydrogen) atoms. The predicted octanol–water partition coefficient (Wildman–Crippen LogP) is 1.00. The highest BCUT2D eigenvalue weighted by molar-refractivity contribution is 7.85. The zero-order valence-corrected chi connectivity index (χ0v) is 8.54. The van der Waals surface area contributed by atoms with Crippen molar-refractivity contribution < 1.29 is 4.21 Å². The van der Waals surface area contributed by atoms with E-state index in [1.807, 2.05) is 0 Å². The summed E-state index contributed by atoms with van der Waals surface area (Å²) in [5, 5.41) is 3.12. The average molecular weight is 177 g/mol. The summed E-state index contributed by atoms with van der Waals surface area (Å²) in [4.78, 5) is 0. The lowest BCUT2D eigenvalue weighted by Gasteiger charge is -2.09. The van der Waals surface area contributed by atoms with Crippen molar-refractivity contribution >= 4 is 10.8 Å². The largest absolute Gasteiger partial charge is 0.315 e. The van der Waals surface area contributed by atoms with Crippen LogP contribution in [0.1, 0.15) is 20.8 Å². The van der Waals surface area contributed by atoms with Gasteiger partial charge in [-0.1, -0.05) is 20.8 Å². The Morgan fingerprint density at radius 3 is 1.73 bits per heavy atom. The minimum atomic E-state index is -0.503. The fraction of sp³-hybridized carbons (Fsp3) is 1.00. The van der Waals surface area contributed by atoms with Crippen LogP contribution in [-0.4, -0.2) is 28.8 Å². The molecule has 0 aromatic rings. The maximum Gasteiger partial charge on any atom is 0.0360 e. The van der Waals surface area contributed by atoms with Gasteiger partial charge in [0.2, 0.25) is 0 Å². The van der Waals surface area contributed by atoms with Crippen LogP contribution in [0, 0.1) is 5.92 Å². The van der Waals surface area contributed by atoms with Gasteiger partial charge in [0.15, 0.2) is 0 Å². The summed E-state index contributed by atoms with van der Waals surface area (Å²) in [5.41, 5.74) is 0. The maximum absolute atomic E-state index is 10.5. The summed E-state index contributed by atoms with van der Waals surface area (Å²) in [5.74, 6) is 2.53. The van der Waals surface area contributed by atoms with Crippen LogP contribution in [0.2, 0.25) is 0 Å². The molecule has 0 aromatic carbocycles. The zero-order valence-electron chi connectivity index (χ0n) is 7.72. The van der Waals surface area contributed by atoms with Gasteiger partial charge >= 0.3 is 0 Å². The van der Waals surface area contributed by atoms with Crippen LogP contribution in [0.15, 0.2) is 0 Å². The molecule has 0 atom stereocenters. The van der Waals surface area contributed by atoms with Crippen LogP contribution in [-0.2, 0) is 10.8 Å². The highest BCUT2D eigenvalue weighted by atomic mass is 32.2. The third kappa shape index (κ3) is 10.1. The molecule has 0 radical (unpaired) electrons. The molecular weight excluding hydrogens is 158 g/mol. The van der Waals surface area contributed by atoms with Gasteiger partial charge in [-0.05, 0) is 5.92 Å². The summed E-state index contributed by atoms with van der Waals surface area (Å²) >= 11 is 0. The summed E-state index contributed by atoms with van der Waals surface area (Å²) in [7, 11) is -0.503. The second-order valence-corrected chi connectivity index (χ2v) is 5.03. The van der Waals surface area contributed by atoms with Crippen LogP contribution in [0.25, 0.3) is 0 Å². The van der Waals surface area contributed by atoms with Gasteiger partial charge in [-0.25, -0.2) is 0 Å². The molecule has 0 saturated carbocycles. The molecule has 2 nitrogen and oxygen atoms in total. The lowest BCUT2D eigenvalue weighted by Crippen LogP contribution is -2.32. The average Bonchev–Trinajstić information content (AvgIpc) is 1.87. The first-order valence-corrected chi connectivity index (χ1v) is 5.67. The number of hydrogen-bond acceptors (Lipinski definition) is 2. The van der Waals surface area contributed by atoms with E-state index in [9.17, 15) is 4.21 Å². The minimum Gasteiger partial charge on any atom is -0.315 e. The molecule has 1 N–H and O–H groups in total. The van der Waals surface area contributed by atoms with Crippen molar-refractivity contribution in [2.45, 2.75) is 20.8 Å². The van der Waals surface area contributed by atoms with Crippen molar-refractivity contribution in [3.8, 4) is 0 Å². The third-order valence-corrected chi connectivity index (χ3v) is 2.33. The van der Waals surface area contributed by atoms with E-state index in [2.05, 4.69) is 26.1 Å². The van der Waals surface area contributed by atoms with E-state index < -0.39 is 10.8 Å². The van der Waals surface area contributed by atoms with E-state index in [1.165, 1.54) is 0 Å². The molecule has 68 valence electrons. The van der Waals surface area contributed by atoms with Gasteiger partial charge in [0.25, 0.3) is 0 Å². The number of nitrogens with one attached hydrogen (secondary N) is 1. The summed E-state index contributed by atoms with van der Waals surface area (Å²) in [6, 6.07) is 0. The molecule has 1 aliphatic rings. The van der Waals surface area contributed by atoms with Gasteiger partial charge in [-0.2, -0.15) is 0 Å². The Balaban J connectivity index is 0.000000218. The van der Waals surface area contributed by atoms with E-state index in [1.54, 1.807) is 0 Å². The molecule has 3 heteroatoms. The Hall–Kier alpha value is 0.110. The molecule has 0 aliphatic carbocycles. The van der Waals surface area contributed by atoms with Crippen LogP contribution in [0.3, 0.4) is 0 Å². The second kappa shape index (κ2) is 6.80. The predicted molar refractivity (Wildman–Crippen MR) is 51.3 cm³/mol. The van der Waals surface area contributed by atoms with Crippen molar-refractivity contribution in [3.05, 3.63) is 0 Å². The fourth-order valence-electron chi connectivity index (χ4n) is 0.599. The molecule has 0 amide bonds. The Morgan fingerprint density at radius 1 is 1.18 bits per heavy atom. The smallest absolute Gasteiger partial charge is 0.0360 e. The van der Waals surface area contributed by atoms with Crippen molar-refractivity contribution in [1.82, 2.24) is 5.32 Å². The maximum atomic E-state index is 10.5.